The van der Waals surface area contributed by atoms with Crippen molar-refractivity contribution < 1.29 is 22.8 Å². The zero-order valence-electron chi connectivity index (χ0n) is 14.5. The van der Waals surface area contributed by atoms with Gasteiger partial charge < -0.3 is 14.2 Å². The van der Waals surface area contributed by atoms with E-state index in [-0.39, 0.29) is 12.4 Å². The zero-order valence-corrected chi connectivity index (χ0v) is 14.5. The van der Waals surface area contributed by atoms with Crippen molar-refractivity contribution in [2.45, 2.75) is 26.2 Å². The number of piperidine rings is 1. The van der Waals surface area contributed by atoms with Crippen molar-refractivity contribution in [1.82, 2.24) is 10.1 Å². The van der Waals surface area contributed by atoms with Crippen molar-refractivity contribution in [3.05, 3.63) is 40.9 Å². The molecular formula is C18H19F2N3O3. The molecule has 6 nitrogen and oxygen atoms in total. The van der Waals surface area contributed by atoms with Crippen LogP contribution in [0.25, 0.3) is 0 Å². The number of fused-ring (bicyclic) bond motifs is 1. The fourth-order valence-electron chi connectivity index (χ4n) is 3.52. The smallest absolute Gasteiger partial charge is 0.377 e. The summed E-state index contributed by atoms with van der Waals surface area (Å²) in [4.78, 5) is 18.1. The van der Waals surface area contributed by atoms with Gasteiger partial charge in [-0.15, -0.1) is 0 Å². The van der Waals surface area contributed by atoms with Gasteiger partial charge in [-0.2, -0.15) is 0 Å². The van der Waals surface area contributed by atoms with E-state index < -0.39 is 23.7 Å². The topological polar surface area (TPSA) is 68.5 Å². The zero-order chi connectivity index (χ0) is 18.5. The molecule has 0 amide bonds. The fourth-order valence-corrected chi connectivity index (χ4v) is 3.52. The lowest BCUT2D eigenvalue weighted by atomic mass is 10.1. The Morgan fingerprint density at radius 3 is 2.77 bits per heavy atom. The van der Waals surface area contributed by atoms with Crippen LogP contribution >= 0.6 is 0 Å². The van der Waals surface area contributed by atoms with Crippen LogP contribution in [0.4, 0.5) is 14.6 Å². The number of nitrogens with zero attached hydrogens (tertiary/aromatic N) is 3. The molecule has 1 saturated heterocycles. The lowest BCUT2D eigenvalue weighted by molar-refractivity contribution is 0.0479. The van der Waals surface area contributed by atoms with Gasteiger partial charge in [0.15, 0.2) is 0 Å². The van der Waals surface area contributed by atoms with Crippen LogP contribution in [0.5, 0.6) is 0 Å². The number of carbonyl (C=O) groups excluding carboxylic acids is 1. The fraction of sp³-hybridized carbons (Fsp3) is 0.500. The van der Waals surface area contributed by atoms with Gasteiger partial charge in [0.1, 0.15) is 5.82 Å². The third-order valence-corrected chi connectivity index (χ3v) is 5.11. The van der Waals surface area contributed by atoms with Gasteiger partial charge in [-0.05, 0) is 25.5 Å². The molecule has 8 heteroatoms. The minimum atomic E-state index is -2.49. The second kappa shape index (κ2) is 6.03. The predicted molar refractivity (Wildman–Crippen MR) is 88.4 cm³/mol. The number of rotatable bonds is 5. The molecule has 2 atom stereocenters. The van der Waals surface area contributed by atoms with Gasteiger partial charge in [0.25, 0.3) is 5.92 Å². The van der Waals surface area contributed by atoms with Gasteiger partial charge in [0, 0.05) is 31.3 Å². The summed E-state index contributed by atoms with van der Waals surface area (Å²) in [6.45, 7) is 4.57. The minimum Gasteiger partial charge on any atom is -0.460 e. The Morgan fingerprint density at radius 2 is 2.12 bits per heavy atom. The molecule has 2 fully saturated rings. The third kappa shape index (κ3) is 2.83. The first-order valence-corrected chi connectivity index (χ1v) is 8.62. The Morgan fingerprint density at radius 1 is 1.38 bits per heavy atom. The summed E-state index contributed by atoms with van der Waals surface area (Å²) in [5.41, 5.74) is 2.34. The molecule has 2 aromatic rings. The lowest BCUT2D eigenvalue weighted by Gasteiger charge is -2.21. The summed E-state index contributed by atoms with van der Waals surface area (Å²) in [5.74, 6) is -3.29. The molecule has 2 aliphatic rings. The Bertz CT molecular complexity index is 838. The van der Waals surface area contributed by atoms with E-state index in [4.69, 9.17) is 9.26 Å². The SMILES string of the molecule is CCOC(=O)c1cc(Cc2ccc(N3CC4C(C3)C4(F)F)nc2C)no1. The number of aromatic nitrogens is 2. The highest BCUT2D eigenvalue weighted by Crippen LogP contribution is 2.59. The number of alkyl halides is 2. The number of pyridine rings is 1. The van der Waals surface area contributed by atoms with E-state index >= 15 is 0 Å². The van der Waals surface area contributed by atoms with Crippen LogP contribution < -0.4 is 4.90 Å². The van der Waals surface area contributed by atoms with Gasteiger partial charge in [-0.25, -0.2) is 18.6 Å². The first-order chi connectivity index (χ1) is 12.4. The molecule has 2 unspecified atom stereocenters. The number of esters is 1. The summed E-state index contributed by atoms with van der Waals surface area (Å²) < 4.78 is 36.5. The summed E-state index contributed by atoms with van der Waals surface area (Å²) in [7, 11) is 0. The highest BCUT2D eigenvalue weighted by atomic mass is 19.3. The highest BCUT2D eigenvalue weighted by molar-refractivity contribution is 5.86. The van der Waals surface area contributed by atoms with Gasteiger partial charge in [-0.1, -0.05) is 11.2 Å². The van der Waals surface area contributed by atoms with E-state index in [1.807, 2.05) is 24.0 Å². The van der Waals surface area contributed by atoms with Crippen LogP contribution in [0, 0.1) is 18.8 Å². The van der Waals surface area contributed by atoms with Crippen LogP contribution in [0.15, 0.2) is 22.7 Å². The molecule has 3 heterocycles. The largest absolute Gasteiger partial charge is 0.460 e. The van der Waals surface area contributed by atoms with Gasteiger partial charge >= 0.3 is 5.97 Å². The average molecular weight is 363 g/mol. The van der Waals surface area contributed by atoms with Crippen molar-refractivity contribution >= 4 is 11.8 Å². The van der Waals surface area contributed by atoms with Crippen molar-refractivity contribution in [2.24, 2.45) is 11.8 Å². The molecular weight excluding hydrogens is 344 g/mol. The van der Waals surface area contributed by atoms with Crippen molar-refractivity contribution in [3.8, 4) is 0 Å². The molecule has 1 aliphatic carbocycles. The normalized spacial score (nSPS) is 23.0. The average Bonchev–Trinajstić information content (AvgIpc) is 3.05. The number of carbonyl (C=O) groups is 1. The first-order valence-electron chi connectivity index (χ1n) is 8.62. The summed E-state index contributed by atoms with van der Waals surface area (Å²) in [6, 6.07) is 5.32. The monoisotopic (exact) mass is 363 g/mol. The number of hydrogen-bond acceptors (Lipinski definition) is 6. The van der Waals surface area contributed by atoms with E-state index in [1.54, 1.807) is 13.0 Å². The standard InChI is InChI=1S/C18H19F2N3O3/c1-3-25-17(24)15-7-12(22-26-15)6-11-4-5-16(21-10(11)2)23-8-13-14(9-23)18(13,19)20/h4-5,7,13-14H,3,6,8-9H2,1-2H3. The maximum atomic E-state index is 13.3. The Labute approximate surface area is 149 Å². The number of aryl methyl sites for hydroxylation is 1. The van der Waals surface area contributed by atoms with Crippen molar-refractivity contribution in [2.75, 3.05) is 24.6 Å². The van der Waals surface area contributed by atoms with Crippen LogP contribution in [-0.4, -0.2) is 41.7 Å². The van der Waals surface area contributed by atoms with Gasteiger partial charge in [0.2, 0.25) is 5.76 Å². The molecule has 26 heavy (non-hydrogen) atoms. The molecule has 0 aromatic carbocycles. The first kappa shape index (κ1) is 16.9. The van der Waals surface area contributed by atoms with Crippen LogP contribution in [-0.2, 0) is 11.2 Å². The molecule has 1 aliphatic heterocycles. The number of ether oxygens (including phenoxy) is 1. The summed E-state index contributed by atoms with van der Waals surface area (Å²) >= 11 is 0. The van der Waals surface area contributed by atoms with E-state index in [0.29, 0.717) is 25.2 Å². The van der Waals surface area contributed by atoms with Crippen molar-refractivity contribution in [1.29, 1.82) is 0 Å². The maximum Gasteiger partial charge on any atom is 0.377 e. The maximum absolute atomic E-state index is 13.3. The molecule has 0 bridgehead atoms. The lowest BCUT2D eigenvalue weighted by Crippen LogP contribution is -2.28. The second-order valence-corrected chi connectivity index (χ2v) is 6.79. The minimum absolute atomic E-state index is 0.0707. The molecule has 0 radical (unpaired) electrons. The third-order valence-electron chi connectivity index (χ3n) is 5.11. The van der Waals surface area contributed by atoms with E-state index in [0.717, 1.165) is 17.1 Å². The highest BCUT2D eigenvalue weighted by Gasteiger charge is 2.71. The van der Waals surface area contributed by atoms with Gasteiger partial charge in [-0.3, -0.25) is 0 Å². The molecule has 0 spiro atoms. The molecule has 4 rings (SSSR count). The van der Waals surface area contributed by atoms with E-state index in [1.165, 1.54) is 0 Å². The van der Waals surface area contributed by atoms with Crippen LogP contribution in [0.2, 0.25) is 0 Å². The van der Waals surface area contributed by atoms with Crippen molar-refractivity contribution in [3.63, 3.8) is 0 Å². The molecule has 0 N–H and O–H groups in total. The Hall–Kier alpha value is -2.51. The number of halogens is 2. The number of anilines is 1. The van der Waals surface area contributed by atoms with Crippen LogP contribution in [0.1, 0.15) is 34.4 Å². The number of hydrogen-bond donors (Lipinski definition) is 0. The Balaban J connectivity index is 1.43. The van der Waals surface area contributed by atoms with E-state index in [2.05, 4.69) is 10.1 Å². The molecule has 138 valence electrons. The predicted octanol–water partition coefficient (Wildman–Crippen LogP) is 2.85. The van der Waals surface area contributed by atoms with E-state index in [9.17, 15) is 13.6 Å². The van der Waals surface area contributed by atoms with Crippen LogP contribution in [0.3, 0.4) is 0 Å². The van der Waals surface area contributed by atoms with Gasteiger partial charge in [0.05, 0.1) is 24.1 Å². The summed E-state index contributed by atoms with van der Waals surface area (Å²) in [5, 5.41) is 3.89. The Kier molecular flexibility index (Phi) is 3.93. The molecule has 2 aromatic heterocycles. The quantitative estimate of drug-likeness (QED) is 0.761. The molecule has 1 saturated carbocycles. The second-order valence-electron chi connectivity index (χ2n) is 6.79. The summed E-state index contributed by atoms with van der Waals surface area (Å²) in [6.07, 6.45) is 0.464.